The molecule has 29 heavy (non-hydrogen) atoms. The highest BCUT2D eigenvalue weighted by Gasteiger charge is 2.28. The molecule has 0 spiro atoms. The van der Waals surface area contributed by atoms with Crippen molar-refractivity contribution in [3.8, 4) is 28.2 Å². The topological polar surface area (TPSA) is 21.7 Å². The number of hydrogen-bond donors (Lipinski definition) is 0. The Kier molecular flexibility index (Phi) is 4.21. The molecule has 2 aromatic heterocycles. The van der Waals surface area contributed by atoms with E-state index in [2.05, 4.69) is 113 Å². The molecule has 0 N–H and O–H groups in total. The van der Waals surface area contributed by atoms with E-state index in [4.69, 9.17) is 0 Å². The smallest absolute Gasteiger partial charge is 0.264 e. The molecule has 2 heterocycles. The summed E-state index contributed by atoms with van der Waals surface area (Å²) in [6.45, 7) is 2.14. The van der Waals surface area contributed by atoms with Crippen LogP contribution in [0.15, 0.2) is 97.3 Å². The van der Waals surface area contributed by atoms with Crippen molar-refractivity contribution < 1.29 is 4.57 Å². The van der Waals surface area contributed by atoms with Crippen molar-refractivity contribution in [1.29, 1.82) is 0 Å². The van der Waals surface area contributed by atoms with E-state index < -0.39 is 0 Å². The van der Waals surface area contributed by atoms with Crippen molar-refractivity contribution in [3.63, 3.8) is 0 Å². The summed E-state index contributed by atoms with van der Waals surface area (Å²) < 4.78 is 4.63. The SMILES string of the molecule is Cc1ccncc1-c1n(-c2ccccc2-c2ccccc2)c2ccccc2[n+]1C. The Bertz CT molecular complexity index is 1320. The van der Waals surface area contributed by atoms with Crippen LogP contribution in [0.5, 0.6) is 0 Å². The van der Waals surface area contributed by atoms with Crippen LogP contribution in [0.4, 0.5) is 0 Å². The van der Waals surface area contributed by atoms with Gasteiger partial charge in [0.1, 0.15) is 5.69 Å². The number of hydrogen-bond acceptors (Lipinski definition) is 1. The molecular weight excluding hydrogens is 354 g/mol. The average molecular weight is 376 g/mol. The molecular formula is C26H22N3+. The predicted octanol–water partition coefficient (Wildman–Crippen LogP) is 5.49. The minimum absolute atomic E-state index is 1.13. The molecule has 0 aliphatic carbocycles. The van der Waals surface area contributed by atoms with Gasteiger partial charge in [0.15, 0.2) is 11.0 Å². The fourth-order valence-electron chi connectivity index (χ4n) is 4.09. The lowest BCUT2D eigenvalue weighted by molar-refractivity contribution is -0.633. The largest absolute Gasteiger partial charge is 0.296 e. The second kappa shape index (κ2) is 7.02. The van der Waals surface area contributed by atoms with Crippen molar-refractivity contribution >= 4 is 11.0 Å². The van der Waals surface area contributed by atoms with Gasteiger partial charge in [-0.05, 0) is 42.3 Å². The Morgan fingerprint density at radius 2 is 1.48 bits per heavy atom. The Balaban J connectivity index is 1.91. The number of imidazole rings is 1. The first-order chi connectivity index (χ1) is 14.3. The zero-order chi connectivity index (χ0) is 19.8. The molecule has 0 amide bonds. The number of aromatic nitrogens is 3. The van der Waals surface area contributed by atoms with Gasteiger partial charge < -0.3 is 0 Å². The number of benzene rings is 3. The second-order valence-electron chi connectivity index (χ2n) is 7.28. The summed E-state index contributed by atoms with van der Waals surface area (Å²) in [5.41, 5.74) is 8.28. The van der Waals surface area contributed by atoms with Gasteiger partial charge in [-0.25, -0.2) is 4.57 Å². The summed E-state index contributed by atoms with van der Waals surface area (Å²) in [7, 11) is 2.13. The number of nitrogens with zero attached hydrogens (tertiary/aromatic N) is 3. The third kappa shape index (κ3) is 2.83. The summed E-state index contributed by atoms with van der Waals surface area (Å²) in [4.78, 5) is 4.42. The van der Waals surface area contributed by atoms with Crippen molar-refractivity contribution in [2.24, 2.45) is 7.05 Å². The molecule has 0 aliphatic heterocycles. The van der Waals surface area contributed by atoms with E-state index in [1.807, 2.05) is 12.4 Å². The van der Waals surface area contributed by atoms with Crippen LogP contribution in [0.25, 0.3) is 39.2 Å². The number of aryl methyl sites for hydroxylation is 2. The third-order valence-electron chi connectivity index (χ3n) is 5.52. The summed E-state index contributed by atoms with van der Waals surface area (Å²) in [5, 5.41) is 0. The highest BCUT2D eigenvalue weighted by molar-refractivity contribution is 5.83. The van der Waals surface area contributed by atoms with E-state index in [9.17, 15) is 0 Å². The minimum Gasteiger partial charge on any atom is -0.264 e. The lowest BCUT2D eigenvalue weighted by Gasteiger charge is -2.10. The molecule has 0 atom stereocenters. The van der Waals surface area contributed by atoms with Crippen LogP contribution >= 0.6 is 0 Å². The van der Waals surface area contributed by atoms with Crippen molar-refractivity contribution in [3.05, 3.63) is 103 Å². The quantitative estimate of drug-likeness (QED) is 0.382. The predicted molar refractivity (Wildman–Crippen MR) is 118 cm³/mol. The maximum Gasteiger partial charge on any atom is 0.296 e. The van der Waals surface area contributed by atoms with Gasteiger partial charge in [0, 0.05) is 18.0 Å². The number of para-hydroxylation sites is 3. The molecule has 5 rings (SSSR count). The molecule has 3 heteroatoms. The Labute approximate surface area is 170 Å². The average Bonchev–Trinajstić information content (AvgIpc) is 3.07. The molecule has 0 radical (unpaired) electrons. The number of pyridine rings is 1. The van der Waals surface area contributed by atoms with Gasteiger partial charge in [0.25, 0.3) is 5.82 Å². The van der Waals surface area contributed by atoms with Gasteiger partial charge in [-0.15, -0.1) is 0 Å². The van der Waals surface area contributed by atoms with Crippen LogP contribution in [0.2, 0.25) is 0 Å². The van der Waals surface area contributed by atoms with E-state index in [0.717, 1.165) is 17.1 Å². The zero-order valence-electron chi connectivity index (χ0n) is 16.6. The van der Waals surface area contributed by atoms with Crippen LogP contribution < -0.4 is 4.57 Å². The van der Waals surface area contributed by atoms with Crippen LogP contribution in [0.3, 0.4) is 0 Å². The highest BCUT2D eigenvalue weighted by Crippen LogP contribution is 2.33. The molecule has 5 aromatic rings. The van der Waals surface area contributed by atoms with Crippen molar-refractivity contribution in [2.45, 2.75) is 6.92 Å². The van der Waals surface area contributed by atoms with Crippen molar-refractivity contribution in [1.82, 2.24) is 9.55 Å². The van der Waals surface area contributed by atoms with E-state index in [1.165, 1.54) is 27.7 Å². The van der Waals surface area contributed by atoms with Gasteiger partial charge in [-0.3, -0.25) is 4.98 Å². The minimum atomic E-state index is 1.13. The van der Waals surface area contributed by atoms with Crippen LogP contribution in [0.1, 0.15) is 5.56 Å². The van der Waals surface area contributed by atoms with E-state index >= 15 is 0 Å². The monoisotopic (exact) mass is 376 g/mol. The van der Waals surface area contributed by atoms with Gasteiger partial charge in [0.2, 0.25) is 0 Å². The summed E-state index contributed by atoms with van der Waals surface area (Å²) in [6, 6.07) is 29.8. The normalized spacial score (nSPS) is 11.1. The summed E-state index contributed by atoms with van der Waals surface area (Å²) in [5.74, 6) is 1.13. The lowest BCUT2D eigenvalue weighted by atomic mass is 10.0. The van der Waals surface area contributed by atoms with E-state index in [-0.39, 0.29) is 0 Å². The standard InChI is InChI=1S/C26H22N3/c1-19-16-17-27-18-22(19)26-28(2)24-14-8-9-15-25(24)29(26)23-13-7-6-12-21(23)20-10-4-3-5-11-20/h3-18H,1-2H3/q+1. The van der Waals surface area contributed by atoms with Crippen LogP contribution in [-0.2, 0) is 7.05 Å². The van der Waals surface area contributed by atoms with Gasteiger partial charge in [-0.2, -0.15) is 4.57 Å². The Hall–Kier alpha value is -3.72. The maximum atomic E-state index is 4.42. The molecule has 0 fully saturated rings. The Morgan fingerprint density at radius 3 is 2.31 bits per heavy atom. The fraction of sp³-hybridized carbons (Fsp3) is 0.0769. The van der Waals surface area contributed by atoms with Crippen molar-refractivity contribution in [2.75, 3.05) is 0 Å². The molecule has 0 unspecified atom stereocenters. The summed E-state index contributed by atoms with van der Waals surface area (Å²) >= 11 is 0. The first-order valence-corrected chi connectivity index (χ1v) is 9.81. The maximum absolute atomic E-state index is 4.42. The van der Waals surface area contributed by atoms with Crippen LogP contribution in [0, 0.1) is 6.92 Å². The zero-order valence-corrected chi connectivity index (χ0v) is 16.6. The molecule has 3 aromatic carbocycles. The highest BCUT2D eigenvalue weighted by atomic mass is 15.2. The number of rotatable bonds is 3. The Morgan fingerprint density at radius 1 is 0.759 bits per heavy atom. The molecule has 0 bridgehead atoms. The van der Waals surface area contributed by atoms with Gasteiger partial charge in [0.05, 0.1) is 12.6 Å². The molecule has 3 nitrogen and oxygen atoms in total. The van der Waals surface area contributed by atoms with E-state index in [0.29, 0.717) is 0 Å². The lowest BCUT2D eigenvalue weighted by Crippen LogP contribution is -2.30. The van der Waals surface area contributed by atoms with Gasteiger partial charge >= 0.3 is 0 Å². The van der Waals surface area contributed by atoms with Crippen LogP contribution in [-0.4, -0.2) is 9.55 Å². The molecule has 0 saturated heterocycles. The van der Waals surface area contributed by atoms with Gasteiger partial charge in [-0.1, -0.05) is 60.7 Å². The first-order valence-electron chi connectivity index (χ1n) is 9.81. The van der Waals surface area contributed by atoms with E-state index in [1.54, 1.807) is 0 Å². The molecule has 140 valence electrons. The first kappa shape index (κ1) is 17.4. The molecule has 0 saturated carbocycles. The number of fused-ring (bicyclic) bond motifs is 1. The fourth-order valence-corrected chi connectivity index (χ4v) is 4.09. The second-order valence-corrected chi connectivity index (χ2v) is 7.28. The molecule has 0 aliphatic rings. The summed E-state index contributed by atoms with van der Waals surface area (Å²) in [6.07, 6.45) is 3.81. The third-order valence-corrected chi connectivity index (χ3v) is 5.52.